The van der Waals surface area contributed by atoms with Crippen molar-refractivity contribution in [2.75, 3.05) is 20.6 Å². The van der Waals surface area contributed by atoms with Gasteiger partial charge in [0.2, 0.25) is 0 Å². The maximum Gasteiger partial charge on any atom is 0.123 e. The minimum Gasteiger partial charge on any atom is -0.507 e. The van der Waals surface area contributed by atoms with E-state index in [1.165, 1.54) is 5.56 Å². The lowest BCUT2D eigenvalue weighted by molar-refractivity contribution is 0.414. The van der Waals surface area contributed by atoms with Crippen LogP contribution in [0.15, 0.2) is 36.4 Å². The van der Waals surface area contributed by atoms with Gasteiger partial charge < -0.3 is 10.0 Å². The Bertz CT molecular complexity index is 486. The van der Waals surface area contributed by atoms with Gasteiger partial charge >= 0.3 is 0 Å². The summed E-state index contributed by atoms with van der Waals surface area (Å²) in [6, 6.07) is 11.8. The van der Waals surface area contributed by atoms with Crippen molar-refractivity contribution in [1.29, 1.82) is 0 Å². The standard InChI is InChI=1S/C14H17NO/c1-15(2)10-9-12-6-3-5-11-7-4-8-13(16)14(11)12/h3-8,16H,9-10H2,1-2H3. The van der Waals surface area contributed by atoms with E-state index in [4.69, 9.17) is 0 Å². The molecule has 0 saturated carbocycles. The molecule has 16 heavy (non-hydrogen) atoms. The predicted molar refractivity (Wildman–Crippen MR) is 67.9 cm³/mol. The summed E-state index contributed by atoms with van der Waals surface area (Å²) in [5, 5.41) is 12.0. The second-order valence-corrected chi connectivity index (χ2v) is 4.35. The first-order chi connectivity index (χ1) is 7.68. The average molecular weight is 215 g/mol. The summed E-state index contributed by atoms with van der Waals surface area (Å²) in [5.41, 5.74) is 1.21. The van der Waals surface area contributed by atoms with Crippen LogP contribution < -0.4 is 0 Å². The van der Waals surface area contributed by atoms with E-state index in [9.17, 15) is 5.11 Å². The Morgan fingerprint density at radius 3 is 2.44 bits per heavy atom. The Morgan fingerprint density at radius 1 is 1.06 bits per heavy atom. The minimum atomic E-state index is 0.381. The van der Waals surface area contributed by atoms with Gasteiger partial charge in [0.1, 0.15) is 5.75 Å². The third-order valence-electron chi connectivity index (χ3n) is 2.80. The van der Waals surface area contributed by atoms with Crippen LogP contribution in [0.5, 0.6) is 5.75 Å². The van der Waals surface area contributed by atoms with Crippen LogP contribution in [-0.2, 0) is 6.42 Å². The van der Waals surface area contributed by atoms with Crippen LogP contribution in [0.4, 0.5) is 0 Å². The first kappa shape index (κ1) is 11.0. The molecule has 84 valence electrons. The Hall–Kier alpha value is -1.54. The number of nitrogens with zero attached hydrogens (tertiary/aromatic N) is 1. The van der Waals surface area contributed by atoms with Gasteiger partial charge in [0.15, 0.2) is 0 Å². The summed E-state index contributed by atoms with van der Waals surface area (Å²) in [4.78, 5) is 2.15. The highest BCUT2D eigenvalue weighted by atomic mass is 16.3. The highest BCUT2D eigenvalue weighted by molar-refractivity contribution is 5.91. The molecule has 2 heteroatoms. The number of fused-ring (bicyclic) bond motifs is 1. The van der Waals surface area contributed by atoms with Gasteiger partial charge in [-0.1, -0.05) is 30.3 Å². The van der Waals surface area contributed by atoms with E-state index >= 15 is 0 Å². The molecule has 0 bridgehead atoms. The molecule has 0 aliphatic rings. The van der Waals surface area contributed by atoms with Gasteiger partial charge in [-0.25, -0.2) is 0 Å². The van der Waals surface area contributed by atoms with E-state index in [1.54, 1.807) is 6.07 Å². The Labute approximate surface area is 96.1 Å². The summed E-state index contributed by atoms with van der Waals surface area (Å²) < 4.78 is 0. The third-order valence-corrected chi connectivity index (χ3v) is 2.80. The summed E-state index contributed by atoms with van der Waals surface area (Å²) in [6.07, 6.45) is 0.960. The summed E-state index contributed by atoms with van der Waals surface area (Å²) in [6.45, 7) is 0.993. The zero-order chi connectivity index (χ0) is 11.5. The van der Waals surface area contributed by atoms with Gasteiger partial charge in [-0.05, 0) is 37.5 Å². The van der Waals surface area contributed by atoms with Crippen LogP contribution in [0.2, 0.25) is 0 Å². The molecule has 0 amide bonds. The quantitative estimate of drug-likeness (QED) is 0.850. The number of rotatable bonds is 3. The van der Waals surface area contributed by atoms with Gasteiger partial charge in [0.25, 0.3) is 0 Å². The lowest BCUT2D eigenvalue weighted by Crippen LogP contribution is -2.15. The molecule has 2 rings (SSSR count). The van der Waals surface area contributed by atoms with Crippen molar-refractivity contribution in [1.82, 2.24) is 4.90 Å². The van der Waals surface area contributed by atoms with Gasteiger partial charge in [-0.15, -0.1) is 0 Å². The second kappa shape index (κ2) is 4.54. The van der Waals surface area contributed by atoms with Crippen molar-refractivity contribution in [3.05, 3.63) is 42.0 Å². The molecule has 0 spiro atoms. The lowest BCUT2D eigenvalue weighted by atomic mass is 10.0. The smallest absolute Gasteiger partial charge is 0.123 e. The molecule has 2 aromatic carbocycles. The van der Waals surface area contributed by atoms with Crippen molar-refractivity contribution in [3.8, 4) is 5.75 Å². The first-order valence-electron chi connectivity index (χ1n) is 5.53. The summed E-state index contributed by atoms with van der Waals surface area (Å²) in [5.74, 6) is 0.381. The fraction of sp³-hybridized carbons (Fsp3) is 0.286. The summed E-state index contributed by atoms with van der Waals surface area (Å²) in [7, 11) is 4.12. The van der Waals surface area contributed by atoms with Crippen molar-refractivity contribution >= 4 is 10.8 Å². The second-order valence-electron chi connectivity index (χ2n) is 4.35. The number of aromatic hydroxyl groups is 1. The van der Waals surface area contributed by atoms with Crippen LogP contribution in [0.1, 0.15) is 5.56 Å². The number of hydrogen-bond donors (Lipinski definition) is 1. The van der Waals surface area contributed by atoms with E-state index in [0.717, 1.165) is 23.7 Å². The molecule has 2 nitrogen and oxygen atoms in total. The largest absolute Gasteiger partial charge is 0.507 e. The number of hydrogen-bond acceptors (Lipinski definition) is 2. The van der Waals surface area contributed by atoms with Crippen LogP contribution >= 0.6 is 0 Å². The maximum absolute atomic E-state index is 9.90. The molecule has 0 radical (unpaired) electrons. The average Bonchev–Trinajstić information content (AvgIpc) is 2.26. The van der Waals surface area contributed by atoms with Crippen LogP contribution in [0.3, 0.4) is 0 Å². The molecule has 0 aliphatic carbocycles. The zero-order valence-corrected chi connectivity index (χ0v) is 9.77. The van der Waals surface area contributed by atoms with E-state index in [1.807, 2.05) is 24.3 Å². The minimum absolute atomic E-state index is 0.381. The van der Waals surface area contributed by atoms with Crippen LogP contribution in [0, 0.1) is 0 Å². The molecule has 1 N–H and O–H groups in total. The fourth-order valence-corrected chi connectivity index (χ4v) is 1.95. The number of benzene rings is 2. The van der Waals surface area contributed by atoms with E-state index < -0.39 is 0 Å². The molecule has 0 fully saturated rings. The number of phenols is 1. The van der Waals surface area contributed by atoms with Crippen molar-refractivity contribution in [2.24, 2.45) is 0 Å². The van der Waals surface area contributed by atoms with E-state index in [-0.39, 0.29) is 0 Å². The zero-order valence-electron chi connectivity index (χ0n) is 9.77. The molecule has 0 heterocycles. The molecular formula is C14H17NO. The Morgan fingerprint density at radius 2 is 1.75 bits per heavy atom. The SMILES string of the molecule is CN(C)CCc1cccc2cccc(O)c12. The predicted octanol–water partition coefficient (Wildman–Crippen LogP) is 2.65. The van der Waals surface area contributed by atoms with Crippen LogP contribution in [-0.4, -0.2) is 30.6 Å². The van der Waals surface area contributed by atoms with E-state index in [0.29, 0.717) is 5.75 Å². The van der Waals surface area contributed by atoms with E-state index in [2.05, 4.69) is 25.1 Å². The van der Waals surface area contributed by atoms with Crippen molar-refractivity contribution in [3.63, 3.8) is 0 Å². The molecule has 0 saturated heterocycles. The van der Waals surface area contributed by atoms with Gasteiger partial charge in [0, 0.05) is 11.9 Å². The Kier molecular flexibility index (Phi) is 3.11. The lowest BCUT2D eigenvalue weighted by Gasteiger charge is -2.12. The van der Waals surface area contributed by atoms with Crippen LogP contribution in [0.25, 0.3) is 10.8 Å². The number of phenolic OH excluding ortho intramolecular Hbond substituents is 1. The first-order valence-corrected chi connectivity index (χ1v) is 5.53. The molecule has 2 aromatic rings. The molecule has 0 atom stereocenters. The van der Waals surface area contributed by atoms with Crippen molar-refractivity contribution < 1.29 is 5.11 Å². The third kappa shape index (κ3) is 2.17. The molecule has 0 aromatic heterocycles. The topological polar surface area (TPSA) is 23.5 Å². The fourth-order valence-electron chi connectivity index (χ4n) is 1.95. The maximum atomic E-state index is 9.90. The normalized spacial score (nSPS) is 11.2. The molecular weight excluding hydrogens is 198 g/mol. The number of likely N-dealkylation sites (N-methyl/N-ethyl adjacent to an activating group) is 1. The highest BCUT2D eigenvalue weighted by Gasteiger charge is 2.05. The monoisotopic (exact) mass is 215 g/mol. The Balaban J connectivity index is 2.44. The van der Waals surface area contributed by atoms with Gasteiger partial charge in [-0.3, -0.25) is 0 Å². The summed E-state index contributed by atoms with van der Waals surface area (Å²) >= 11 is 0. The van der Waals surface area contributed by atoms with Crippen molar-refractivity contribution in [2.45, 2.75) is 6.42 Å². The highest BCUT2D eigenvalue weighted by Crippen LogP contribution is 2.28. The molecule has 0 aliphatic heterocycles. The molecule has 0 unspecified atom stereocenters. The van der Waals surface area contributed by atoms with Gasteiger partial charge in [-0.2, -0.15) is 0 Å². The van der Waals surface area contributed by atoms with Gasteiger partial charge in [0.05, 0.1) is 0 Å².